The molecule has 0 atom stereocenters. The van der Waals surface area contributed by atoms with Crippen LogP contribution >= 0.6 is 0 Å². The Hall–Kier alpha value is -2.75. The first-order valence-electron chi connectivity index (χ1n) is 6.54. The highest BCUT2D eigenvalue weighted by Crippen LogP contribution is 2.32. The number of ether oxygens (including phenoxy) is 1. The van der Waals surface area contributed by atoms with Gasteiger partial charge in [-0.3, -0.25) is 4.79 Å². The molecular formula is C17H17NO3. The van der Waals surface area contributed by atoms with Crippen molar-refractivity contribution in [3.05, 3.63) is 66.9 Å². The average Bonchev–Trinajstić information content (AvgIpc) is 2.48. The number of hydrogen-bond donors (Lipinski definition) is 1. The maximum Gasteiger partial charge on any atom is 0.323 e. The molecule has 2 aromatic carbocycles. The summed E-state index contributed by atoms with van der Waals surface area (Å²) in [5.74, 6) is 0.356. The van der Waals surface area contributed by atoms with E-state index in [4.69, 9.17) is 9.84 Å². The molecule has 1 N–H and O–H groups in total. The second-order valence-electron chi connectivity index (χ2n) is 4.59. The summed E-state index contributed by atoms with van der Waals surface area (Å²) in [4.78, 5) is 12.5. The number of para-hydroxylation sites is 2. The Kier molecular flexibility index (Phi) is 4.61. The summed E-state index contributed by atoms with van der Waals surface area (Å²) in [5, 5.41) is 8.96. The number of carbonyl (C=O) groups is 1. The molecule has 0 radical (unpaired) electrons. The van der Waals surface area contributed by atoms with Crippen LogP contribution in [0.25, 0.3) is 0 Å². The highest BCUT2D eigenvalue weighted by Gasteiger charge is 2.13. The lowest BCUT2D eigenvalue weighted by Gasteiger charge is -2.21. The summed E-state index contributed by atoms with van der Waals surface area (Å²) in [6.07, 6.45) is 1.48. The summed E-state index contributed by atoms with van der Waals surface area (Å²) in [5.41, 5.74) is 1.81. The lowest BCUT2D eigenvalue weighted by atomic mass is 10.2. The third kappa shape index (κ3) is 3.86. The minimum Gasteiger partial charge on any atom is -0.480 e. The molecule has 0 aliphatic carbocycles. The molecule has 0 spiro atoms. The molecule has 2 rings (SSSR count). The van der Waals surface area contributed by atoms with Crippen LogP contribution in [0.15, 0.2) is 61.3 Å². The Morgan fingerprint density at radius 3 is 2.52 bits per heavy atom. The molecule has 0 unspecified atom stereocenters. The third-order valence-electron chi connectivity index (χ3n) is 2.95. The molecule has 0 aliphatic heterocycles. The van der Waals surface area contributed by atoms with Crippen molar-refractivity contribution in [2.24, 2.45) is 0 Å². The molecule has 0 aromatic heterocycles. The molecule has 0 heterocycles. The van der Waals surface area contributed by atoms with E-state index >= 15 is 0 Å². The molecule has 4 nitrogen and oxygen atoms in total. The number of nitrogens with zero attached hydrogens (tertiary/aromatic N) is 1. The van der Waals surface area contributed by atoms with Crippen LogP contribution in [-0.2, 0) is 4.79 Å². The van der Waals surface area contributed by atoms with Crippen molar-refractivity contribution in [3.63, 3.8) is 0 Å². The zero-order valence-corrected chi connectivity index (χ0v) is 11.8. The Morgan fingerprint density at radius 1 is 1.24 bits per heavy atom. The Bertz CT molecular complexity index is 635. The number of benzene rings is 2. The number of aryl methyl sites for hydroxylation is 1. The van der Waals surface area contributed by atoms with Crippen molar-refractivity contribution in [2.45, 2.75) is 6.92 Å². The van der Waals surface area contributed by atoms with Crippen molar-refractivity contribution in [1.29, 1.82) is 0 Å². The number of hydrogen-bond acceptors (Lipinski definition) is 3. The maximum absolute atomic E-state index is 10.9. The molecule has 108 valence electrons. The van der Waals surface area contributed by atoms with Crippen LogP contribution in [0.1, 0.15) is 5.56 Å². The zero-order chi connectivity index (χ0) is 15.2. The van der Waals surface area contributed by atoms with Crippen LogP contribution < -0.4 is 9.64 Å². The molecule has 0 fully saturated rings. The maximum atomic E-state index is 10.9. The van der Waals surface area contributed by atoms with E-state index in [0.717, 1.165) is 5.56 Å². The molecular weight excluding hydrogens is 266 g/mol. The summed E-state index contributed by atoms with van der Waals surface area (Å²) in [7, 11) is 0. The number of carboxylic acids is 1. The fraction of sp³-hybridized carbons (Fsp3) is 0.118. The number of aliphatic carboxylic acids is 1. The van der Waals surface area contributed by atoms with Gasteiger partial charge in [-0.1, -0.05) is 36.4 Å². The van der Waals surface area contributed by atoms with Crippen LogP contribution in [0.4, 0.5) is 5.69 Å². The van der Waals surface area contributed by atoms with E-state index in [-0.39, 0.29) is 6.54 Å². The van der Waals surface area contributed by atoms with Gasteiger partial charge in [-0.25, -0.2) is 0 Å². The Labute approximate surface area is 123 Å². The van der Waals surface area contributed by atoms with E-state index in [1.807, 2.05) is 43.3 Å². The van der Waals surface area contributed by atoms with Crippen molar-refractivity contribution >= 4 is 11.7 Å². The summed E-state index contributed by atoms with van der Waals surface area (Å²) >= 11 is 0. The van der Waals surface area contributed by atoms with Crippen LogP contribution in [0, 0.1) is 6.92 Å². The third-order valence-corrected chi connectivity index (χ3v) is 2.95. The van der Waals surface area contributed by atoms with Gasteiger partial charge < -0.3 is 14.7 Å². The van der Waals surface area contributed by atoms with Gasteiger partial charge in [0.1, 0.15) is 12.3 Å². The molecule has 0 amide bonds. The predicted molar refractivity (Wildman–Crippen MR) is 82.9 cm³/mol. The first-order chi connectivity index (χ1) is 10.1. The van der Waals surface area contributed by atoms with Crippen molar-refractivity contribution in [2.75, 3.05) is 11.4 Å². The molecule has 0 aliphatic rings. The fourth-order valence-corrected chi connectivity index (χ4v) is 1.91. The van der Waals surface area contributed by atoms with E-state index < -0.39 is 5.97 Å². The molecule has 4 heteroatoms. The molecule has 2 aromatic rings. The van der Waals surface area contributed by atoms with Gasteiger partial charge in [0, 0.05) is 0 Å². The highest BCUT2D eigenvalue weighted by atomic mass is 16.5. The van der Waals surface area contributed by atoms with Crippen molar-refractivity contribution in [1.82, 2.24) is 0 Å². The smallest absolute Gasteiger partial charge is 0.323 e. The summed E-state index contributed by atoms with van der Waals surface area (Å²) in [6, 6.07) is 14.9. The van der Waals surface area contributed by atoms with E-state index in [2.05, 4.69) is 6.58 Å². The average molecular weight is 283 g/mol. The van der Waals surface area contributed by atoms with Gasteiger partial charge in [-0.15, -0.1) is 0 Å². The molecule has 0 saturated carbocycles. The standard InChI is InChI=1S/C17H17NO3/c1-3-18(12-17(19)20)15-6-4-5-7-16(15)21-14-10-8-13(2)9-11-14/h3-11H,1,12H2,2H3,(H,19,20). The quantitative estimate of drug-likeness (QED) is 0.875. The van der Waals surface area contributed by atoms with Gasteiger partial charge in [-0.2, -0.15) is 0 Å². The minimum atomic E-state index is -0.931. The van der Waals surface area contributed by atoms with Gasteiger partial charge in [0.25, 0.3) is 0 Å². The van der Waals surface area contributed by atoms with Crippen LogP contribution in [0.2, 0.25) is 0 Å². The second-order valence-corrected chi connectivity index (χ2v) is 4.59. The van der Waals surface area contributed by atoms with Crippen molar-refractivity contribution < 1.29 is 14.6 Å². The van der Waals surface area contributed by atoms with Gasteiger partial charge in [0.15, 0.2) is 5.75 Å². The fourth-order valence-electron chi connectivity index (χ4n) is 1.91. The first-order valence-corrected chi connectivity index (χ1v) is 6.54. The molecule has 0 saturated heterocycles. The van der Waals surface area contributed by atoms with E-state index in [9.17, 15) is 4.79 Å². The second kappa shape index (κ2) is 6.61. The van der Waals surface area contributed by atoms with Crippen LogP contribution in [0.3, 0.4) is 0 Å². The van der Waals surface area contributed by atoms with E-state index in [1.54, 1.807) is 12.1 Å². The van der Waals surface area contributed by atoms with E-state index in [1.165, 1.54) is 11.1 Å². The van der Waals surface area contributed by atoms with Crippen molar-refractivity contribution in [3.8, 4) is 11.5 Å². The summed E-state index contributed by atoms with van der Waals surface area (Å²) in [6.45, 7) is 5.49. The number of carboxylic acid groups (broad SMARTS) is 1. The topological polar surface area (TPSA) is 49.8 Å². The normalized spacial score (nSPS) is 9.95. The Balaban J connectivity index is 2.29. The highest BCUT2D eigenvalue weighted by molar-refractivity contribution is 5.76. The SMILES string of the molecule is C=CN(CC(=O)O)c1ccccc1Oc1ccc(C)cc1. The van der Waals surface area contributed by atoms with Crippen LogP contribution in [-0.4, -0.2) is 17.6 Å². The Morgan fingerprint density at radius 2 is 1.90 bits per heavy atom. The van der Waals surface area contributed by atoms with Gasteiger partial charge in [-0.05, 0) is 37.4 Å². The molecule has 21 heavy (non-hydrogen) atoms. The zero-order valence-electron chi connectivity index (χ0n) is 11.8. The predicted octanol–water partition coefficient (Wildman–Crippen LogP) is 3.82. The number of rotatable bonds is 6. The van der Waals surface area contributed by atoms with Gasteiger partial charge >= 0.3 is 5.97 Å². The largest absolute Gasteiger partial charge is 0.480 e. The first kappa shape index (κ1) is 14.7. The van der Waals surface area contributed by atoms with E-state index in [0.29, 0.717) is 17.2 Å². The lowest BCUT2D eigenvalue weighted by Crippen LogP contribution is -2.24. The monoisotopic (exact) mass is 283 g/mol. The van der Waals surface area contributed by atoms with Gasteiger partial charge in [0.05, 0.1) is 5.69 Å². The van der Waals surface area contributed by atoms with Gasteiger partial charge in [0.2, 0.25) is 0 Å². The molecule has 0 bridgehead atoms. The number of anilines is 1. The lowest BCUT2D eigenvalue weighted by molar-refractivity contribution is -0.135. The summed E-state index contributed by atoms with van der Waals surface area (Å²) < 4.78 is 5.85. The van der Waals surface area contributed by atoms with Crippen LogP contribution in [0.5, 0.6) is 11.5 Å². The minimum absolute atomic E-state index is 0.169.